The molecule has 2 aromatic carbocycles. The SMILES string of the molecule is NC(=O)c1cc(Br)cc2c1[nH]c1cc(NC(=O)O)ccc12. The molecule has 0 aliphatic heterocycles. The molecule has 5 N–H and O–H groups in total. The maximum Gasteiger partial charge on any atom is 0.409 e. The molecule has 0 aliphatic rings. The number of nitrogens with one attached hydrogen (secondary N) is 2. The number of anilines is 1. The first-order valence-corrected chi connectivity index (χ1v) is 6.80. The Balaban J connectivity index is 2.31. The van der Waals surface area contributed by atoms with E-state index in [4.69, 9.17) is 10.8 Å². The van der Waals surface area contributed by atoms with Crippen LogP contribution in [0.25, 0.3) is 21.8 Å². The van der Waals surface area contributed by atoms with Gasteiger partial charge in [-0.25, -0.2) is 4.79 Å². The lowest BCUT2D eigenvalue weighted by atomic mass is 10.1. The number of halogens is 1. The van der Waals surface area contributed by atoms with Gasteiger partial charge in [0.25, 0.3) is 5.91 Å². The Labute approximate surface area is 127 Å². The molecule has 3 rings (SSSR count). The van der Waals surface area contributed by atoms with Gasteiger partial charge in [-0.15, -0.1) is 0 Å². The minimum atomic E-state index is -1.13. The first-order valence-electron chi connectivity index (χ1n) is 6.00. The number of carbonyl (C=O) groups excluding carboxylic acids is 1. The number of primary amides is 1. The van der Waals surface area contributed by atoms with Gasteiger partial charge in [-0.3, -0.25) is 10.1 Å². The molecule has 0 radical (unpaired) electrons. The third-order valence-electron chi connectivity index (χ3n) is 3.19. The lowest BCUT2D eigenvalue weighted by Gasteiger charge is -2.00. The van der Waals surface area contributed by atoms with Crippen molar-refractivity contribution in [2.24, 2.45) is 5.73 Å². The molecule has 0 saturated carbocycles. The molecular formula is C14H10BrN3O3. The van der Waals surface area contributed by atoms with Gasteiger partial charge in [-0.05, 0) is 24.3 Å². The second-order valence-electron chi connectivity index (χ2n) is 4.56. The second kappa shape index (κ2) is 4.78. The van der Waals surface area contributed by atoms with Crippen LogP contribution in [0.15, 0.2) is 34.8 Å². The zero-order valence-corrected chi connectivity index (χ0v) is 12.2. The summed E-state index contributed by atoms with van der Waals surface area (Å²) < 4.78 is 0.748. The Hall–Kier alpha value is -2.54. The largest absolute Gasteiger partial charge is 0.465 e. The van der Waals surface area contributed by atoms with Gasteiger partial charge in [0.05, 0.1) is 11.1 Å². The van der Waals surface area contributed by atoms with E-state index in [0.717, 1.165) is 20.8 Å². The second-order valence-corrected chi connectivity index (χ2v) is 5.47. The van der Waals surface area contributed by atoms with Crippen molar-refractivity contribution in [3.05, 3.63) is 40.4 Å². The number of carboxylic acid groups (broad SMARTS) is 1. The minimum Gasteiger partial charge on any atom is -0.465 e. The summed E-state index contributed by atoms with van der Waals surface area (Å²) in [6.07, 6.45) is -1.13. The van der Waals surface area contributed by atoms with Gasteiger partial charge in [0, 0.05) is 26.4 Å². The highest BCUT2D eigenvalue weighted by molar-refractivity contribution is 9.10. The summed E-state index contributed by atoms with van der Waals surface area (Å²) in [5.74, 6) is -0.531. The smallest absolute Gasteiger partial charge is 0.409 e. The van der Waals surface area contributed by atoms with E-state index in [2.05, 4.69) is 26.2 Å². The number of rotatable bonds is 2. The van der Waals surface area contributed by atoms with Crippen molar-refractivity contribution in [2.75, 3.05) is 5.32 Å². The molecule has 0 aliphatic carbocycles. The van der Waals surface area contributed by atoms with Crippen molar-refractivity contribution in [1.29, 1.82) is 0 Å². The molecule has 7 heteroatoms. The molecule has 106 valence electrons. The van der Waals surface area contributed by atoms with Gasteiger partial charge in [-0.1, -0.05) is 22.0 Å². The van der Waals surface area contributed by atoms with Crippen LogP contribution < -0.4 is 11.1 Å². The summed E-state index contributed by atoms with van der Waals surface area (Å²) in [7, 11) is 0. The van der Waals surface area contributed by atoms with E-state index in [1.54, 1.807) is 24.3 Å². The van der Waals surface area contributed by atoms with Gasteiger partial charge < -0.3 is 15.8 Å². The fourth-order valence-corrected chi connectivity index (χ4v) is 2.82. The maximum atomic E-state index is 11.5. The molecule has 21 heavy (non-hydrogen) atoms. The van der Waals surface area contributed by atoms with Crippen LogP contribution >= 0.6 is 15.9 Å². The standard InChI is InChI=1S/C14H10BrN3O3/c15-6-3-9-8-2-1-7(17-14(20)21)5-11(8)18-12(9)10(4-6)13(16)19/h1-5,17-18H,(H2,16,19)(H,20,21). The van der Waals surface area contributed by atoms with Crippen LogP contribution in [0.3, 0.4) is 0 Å². The Kier molecular flexibility index (Phi) is 3.06. The summed E-state index contributed by atoms with van der Waals surface area (Å²) in [6, 6.07) is 8.65. The molecule has 0 saturated heterocycles. The topological polar surface area (TPSA) is 108 Å². The molecule has 0 spiro atoms. The Morgan fingerprint density at radius 1 is 1.19 bits per heavy atom. The summed E-state index contributed by atoms with van der Waals surface area (Å²) in [6.45, 7) is 0. The predicted octanol–water partition coefficient (Wildman–Crippen LogP) is 3.27. The molecule has 0 unspecified atom stereocenters. The first-order chi connectivity index (χ1) is 9.95. The Morgan fingerprint density at radius 3 is 2.62 bits per heavy atom. The number of hydrogen-bond acceptors (Lipinski definition) is 2. The van der Waals surface area contributed by atoms with Crippen LogP contribution in [0.5, 0.6) is 0 Å². The van der Waals surface area contributed by atoms with Crippen molar-refractivity contribution in [1.82, 2.24) is 4.98 Å². The average Bonchev–Trinajstić information content (AvgIpc) is 2.74. The molecule has 3 aromatic rings. The highest BCUT2D eigenvalue weighted by atomic mass is 79.9. The average molecular weight is 348 g/mol. The van der Waals surface area contributed by atoms with Crippen LogP contribution in [0.1, 0.15) is 10.4 Å². The molecule has 6 nitrogen and oxygen atoms in total. The van der Waals surface area contributed by atoms with Crippen molar-refractivity contribution in [2.45, 2.75) is 0 Å². The highest BCUT2D eigenvalue weighted by Gasteiger charge is 2.13. The molecule has 0 fully saturated rings. The van der Waals surface area contributed by atoms with E-state index in [0.29, 0.717) is 16.8 Å². The van der Waals surface area contributed by atoms with E-state index in [1.807, 2.05) is 6.07 Å². The number of aromatic amines is 1. The van der Waals surface area contributed by atoms with Gasteiger partial charge in [0.1, 0.15) is 0 Å². The summed E-state index contributed by atoms with van der Waals surface area (Å²) >= 11 is 3.36. The van der Waals surface area contributed by atoms with Crippen LogP contribution in [0.4, 0.5) is 10.5 Å². The van der Waals surface area contributed by atoms with Crippen molar-refractivity contribution in [3.63, 3.8) is 0 Å². The van der Waals surface area contributed by atoms with Gasteiger partial charge >= 0.3 is 6.09 Å². The van der Waals surface area contributed by atoms with Gasteiger partial charge in [0.15, 0.2) is 0 Å². The third-order valence-corrected chi connectivity index (χ3v) is 3.65. The number of hydrogen-bond donors (Lipinski definition) is 4. The molecule has 2 amide bonds. The quantitative estimate of drug-likeness (QED) is 0.571. The van der Waals surface area contributed by atoms with Crippen LogP contribution in [-0.2, 0) is 0 Å². The molecular weight excluding hydrogens is 338 g/mol. The van der Waals surface area contributed by atoms with Crippen LogP contribution in [0, 0.1) is 0 Å². The van der Waals surface area contributed by atoms with Crippen LogP contribution in [0.2, 0.25) is 0 Å². The van der Waals surface area contributed by atoms with E-state index in [-0.39, 0.29) is 0 Å². The number of fused-ring (bicyclic) bond motifs is 3. The fraction of sp³-hybridized carbons (Fsp3) is 0. The minimum absolute atomic E-state index is 0.378. The van der Waals surface area contributed by atoms with E-state index < -0.39 is 12.0 Å². The Morgan fingerprint density at radius 2 is 1.95 bits per heavy atom. The number of H-pyrrole nitrogens is 1. The summed E-state index contributed by atoms with van der Waals surface area (Å²) in [5, 5.41) is 12.8. The number of amides is 2. The lowest BCUT2D eigenvalue weighted by Crippen LogP contribution is -2.11. The molecule has 1 heterocycles. The first kappa shape index (κ1) is 13.4. The highest BCUT2D eigenvalue weighted by Crippen LogP contribution is 2.32. The zero-order valence-electron chi connectivity index (χ0n) is 10.6. The number of nitrogens with two attached hydrogens (primary N) is 1. The van der Waals surface area contributed by atoms with E-state index in [9.17, 15) is 9.59 Å². The fourth-order valence-electron chi connectivity index (χ4n) is 2.37. The number of aromatic nitrogens is 1. The van der Waals surface area contributed by atoms with E-state index in [1.165, 1.54) is 0 Å². The summed E-state index contributed by atoms with van der Waals surface area (Å²) in [4.78, 5) is 25.3. The Bertz CT molecular complexity index is 901. The maximum absolute atomic E-state index is 11.5. The molecule has 0 atom stereocenters. The van der Waals surface area contributed by atoms with E-state index >= 15 is 0 Å². The molecule has 0 bridgehead atoms. The zero-order chi connectivity index (χ0) is 15.1. The van der Waals surface area contributed by atoms with Gasteiger partial charge in [-0.2, -0.15) is 0 Å². The monoisotopic (exact) mass is 347 g/mol. The normalized spacial score (nSPS) is 10.9. The van der Waals surface area contributed by atoms with Crippen molar-refractivity contribution in [3.8, 4) is 0 Å². The third kappa shape index (κ3) is 2.31. The van der Waals surface area contributed by atoms with Gasteiger partial charge in [0.2, 0.25) is 0 Å². The number of benzene rings is 2. The van der Waals surface area contributed by atoms with Crippen molar-refractivity contribution >= 4 is 55.4 Å². The lowest BCUT2D eigenvalue weighted by molar-refractivity contribution is 0.100. The summed E-state index contributed by atoms with van der Waals surface area (Å²) in [5.41, 5.74) is 7.57. The predicted molar refractivity (Wildman–Crippen MR) is 83.7 cm³/mol. The molecule has 1 aromatic heterocycles. The van der Waals surface area contributed by atoms with Crippen molar-refractivity contribution < 1.29 is 14.7 Å². The van der Waals surface area contributed by atoms with Crippen LogP contribution in [-0.4, -0.2) is 22.1 Å². The number of carbonyl (C=O) groups is 2.